The molecule has 2 atom stereocenters. The molecule has 1 aliphatic heterocycles. The van der Waals surface area contributed by atoms with Gasteiger partial charge in [-0.15, -0.1) is 0 Å². The van der Waals surface area contributed by atoms with Gasteiger partial charge in [0.25, 0.3) is 0 Å². The molecule has 0 aromatic rings. The number of aliphatic hydroxyl groups is 1. The maximum absolute atomic E-state index is 9.82. The number of nitrogens with zero attached hydrogens (tertiary/aromatic N) is 1. The molecule has 1 heterocycles. The van der Waals surface area contributed by atoms with Gasteiger partial charge in [-0.3, -0.25) is 0 Å². The predicted molar refractivity (Wildman–Crippen MR) is 85.6 cm³/mol. The fraction of sp³-hybridized carbons (Fsp3) is 1.00. The van der Waals surface area contributed by atoms with Gasteiger partial charge in [-0.05, 0) is 38.4 Å². The number of nitrogens with one attached hydrogen (secondary N) is 1. The van der Waals surface area contributed by atoms with Crippen LogP contribution in [0.1, 0.15) is 33.1 Å². The number of hydrogen-bond acceptors (Lipinski definition) is 5. The Labute approximate surface area is 130 Å². The number of likely N-dealkylation sites (tertiary alicyclic amines) is 1. The summed E-state index contributed by atoms with van der Waals surface area (Å²) in [6.45, 7) is 11.9. The minimum atomic E-state index is -0.427. The third-order valence-corrected chi connectivity index (χ3v) is 3.95. The van der Waals surface area contributed by atoms with E-state index in [1.165, 1.54) is 19.5 Å². The van der Waals surface area contributed by atoms with Crippen molar-refractivity contribution in [3.8, 4) is 0 Å². The van der Waals surface area contributed by atoms with E-state index < -0.39 is 6.10 Å². The highest BCUT2D eigenvalue weighted by atomic mass is 16.5. The fourth-order valence-corrected chi connectivity index (χ4v) is 2.57. The summed E-state index contributed by atoms with van der Waals surface area (Å²) in [5.74, 6) is 0.727. The lowest BCUT2D eigenvalue weighted by molar-refractivity contribution is 0.00376. The maximum Gasteiger partial charge on any atom is 0.0897 e. The smallest absolute Gasteiger partial charge is 0.0897 e. The normalized spacial score (nSPS) is 21.0. The lowest BCUT2D eigenvalue weighted by Gasteiger charge is -2.16. The van der Waals surface area contributed by atoms with Crippen molar-refractivity contribution in [1.82, 2.24) is 10.2 Å². The van der Waals surface area contributed by atoms with Crippen molar-refractivity contribution in [2.24, 2.45) is 5.92 Å². The van der Waals surface area contributed by atoms with Gasteiger partial charge in [0, 0.05) is 19.7 Å². The minimum Gasteiger partial charge on any atom is -0.389 e. The Bertz CT molecular complexity index is 242. The zero-order valence-corrected chi connectivity index (χ0v) is 13.9. The van der Waals surface area contributed by atoms with Crippen molar-refractivity contribution < 1.29 is 14.6 Å². The molecule has 1 rings (SSSR count). The molecule has 0 aromatic carbocycles. The van der Waals surface area contributed by atoms with Crippen LogP contribution in [0.4, 0.5) is 0 Å². The fourth-order valence-electron chi connectivity index (χ4n) is 2.57. The first-order valence-electron chi connectivity index (χ1n) is 8.52. The van der Waals surface area contributed by atoms with Gasteiger partial charge in [0.05, 0.1) is 25.9 Å². The number of hydrogen-bond donors (Lipinski definition) is 2. The second-order valence-corrected chi connectivity index (χ2v) is 5.90. The average Bonchev–Trinajstić information content (AvgIpc) is 2.94. The molecule has 2 unspecified atom stereocenters. The summed E-state index contributed by atoms with van der Waals surface area (Å²) in [4.78, 5) is 2.48. The molecule has 126 valence electrons. The van der Waals surface area contributed by atoms with Crippen LogP contribution in [0.15, 0.2) is 0 Å². The molecule has 1 fully saturated rings. The van der Waals surface area contributed by atoms with Gasteiger partial charge < -0.3 is 24.8 Å². The van der Waals surface area contributed by atoms with Gasteiger partial charge >= 0.3 is 0 Å². The molecule has 2 N–H and O–H groups in total. The van der Waals surface area contributed by atoms with E-state index >= 15 is 0 Å². The number of unbranched alkanes of at least 4 members (excludes halogenated alkanes) is 1. The Hall–Kier alpha value is -0.200. The van der Waals surface area contributed by atoms with Crippen molar-refractivity contribution in [3.63, 3.8) is 0 Å². The Morgan fingerprint density at radius 2 is 2.05 bits per heavy atom. The van der Waals surface area contributed by atoms with Crippen molar-refractivity contribution in [2.45, 2.75) is 39.2 Å². The summed E-state index contributed by atoms with van der Waals surface area (Å²) >= 11 is 0. The number of ether oxygens (including phenoxy) is 2. The van der Waals surface area contributed by atoms with E-state index in [2.05, 4.69) is 24.1 Å². The molecule has 5 heteroatoms. The van der Waals surface area contributed by atoms with E-state index in [9.17, 15) is 5.11 Å². The van der Waals surface area contributed by atoms with Gasteiger partial charge in [0.2, 0.25) is 0 Å². The van der Waals surface area contributed by atoms with Crippen molar-refractivity contribution in [1.29, 1.82) is 0 Å². The molecule has 5 nitrogen and oxygen atoms in total. The highest BCUT2D eigenvalue weighted by Crippen LogP contribution is 2.14. The summed E-state index contributed by atoms with van der Waals surface area (Å²) < 4.78 is 10.8. The van der Waals surface area contributed by atoms with Gasteiger partial charge in [-0.1, -0.05) is 20.3 Å². The SMILES string of the molecule is CCCCOCCOCC(O)CNCC1CCN(CC)C1. The zero-order valence-electron chi connectivity index (χ0n) is 13.9. The topological polar surface area (TPSA) is 54.0 Å². The minimum absolute atomic E-state index is 0.385. The van der Waals surface area contributed by atoms with Crippen LogP contribution in [0.3, 0.4) is 0 Å². The first-order chi connectivity index (χ1) is 10.3. The largest absolute Gasteiger partial charge is 0.389 e. The molecule has 1 saturated heterocycles. The quantitative estimate of drug-likeness (QED) is 0.499. The van der Waals surface area contributed by atoms with Crippen LogP contribution in [0.2, 0.25) is 0 Å². The number of rotatable bonds is 13. The lowest BCUT2D eigenvalue weighted by atomic mass is 10.1. The Morgan fingerprint density at radius 1 is 1.24 bits per heavy atom. The monoisotopic (exact) mass is 302 g/mol. The molecule has 0 bridgehead atoms. The van der Waals surface area contributed by atoms with Crippen LogP contribution in [-0.2, 0) is 9.47 Å². The summed E-state index contributed by atoms with van der Waals surface area (Å²) in [5, 5.41) is 13.2. The lowest BCUT2D eigenvalue weighted by Crippen LogP contribution is -2.34. The van der Waals surface area contributed by atoms with Gasteiger partial charge in [0.15, 0.2) is 0 Å². The third kappa shape index (κ3) is 9.42. The van der Waals surface area contributed by atoms with Crippen molar-refractivity contribution in [2.75, 3.05) is 59.2 Å². The number of aliphatic hydroxyl groups excluding tert-OH is 1. The zero-order chi connectivity index (χ0) is 15.3. The molecule has 0 spiro atoms. The predicted octanol–water partition coefficient (Wildman–Crippen LogP) is 1.11. The van der Waals surface area contributed by atoms with Gasteiger partial charge in [-0.2, -0.15) is 0 Å². The highest BCUT2D eigenvalue weighted by molar-refractivity contribution is 4.76. The van der Waals surface area contributed by atoms with Crippen LogP contribution in [0.5, 0.6) is 0 Å². The molecular formula is C16H34N2O3. The molecule has 1 aliphatic rings. The summed E-state index contributed by atoms with van der Waals surface area (Å²) in [7, 11) is 0. The molecule has 0 aromatic heterocycles. The molecule has 0 aliphatic carbocycles. The standard InChI is InChI=1S/C16H34N2O3/c1-3-5-8-20-9-10-21-14-16(19)12-17-11-15-6-7-18(4-2)13-15/h15-17,19H,3-14H2,1-2H3. The molecule has 0 amide bonds. The van der Waals surface area contributed by atoms with E-state index in [4.69, 9.17) is 9.47 Å². The Balaban J connectivity index is 1.86. The molecular weight excluding hydrogens is 268 g/mol. The second kappa shape index (κ2) is 12.4. The summed E-state index contributed by atoms with van der Waals surface area (Å²) in [6, 6.07) is 0. The Morgan fingerprint density at radius 3 is 2.76 bits per heavy atom. The van der Waals surface area contributed by atoms with Crippen LogP contribution in [0, 0.1) is 5.92 Å². The summed E-state index contributed by atoms with van der Waals surface area (Å²) in [5.41, 5.74) is 0. The highest BCUT2D eigenvalue weighted by Gasteiger charge is 2.20. The van der Waals surface area contributed by atoms with E-state index in [0.717, 1.165) is 38.5 Å². The Kier molecular flexibility index (Phi) is 11.1. The van der Waals surface area contributed by atoms with Crippen LogP contribution in [-0.4, -0.2) is 75.3 Å². The molecule has 0 radical (unpaired) electrons. The first-order valence-corrected chi connectivity index (χ1v) is 8.52. The van der Waals surface area contributed by atoms with E-state index in [1.807, 2.05) is 0 Å². The summed E-state index contributed by atoms with van der Waals surface area (Å²) in [6.07, 6.45) is 3.10. The van der Waals surface area contributed by atoms with E-state index in [1.54, 1.807) is 0 Å². The van der Waals surface area contributed by atoms with E-state index in [-0.39, 0.29) is 0 Å². The van der Waals surface area contributed by atoms with Crippen LogP contribution < -0.4 is 5.32 Å². The maximum atomic E-state index is 9.82. The van der Waals surface area contributed by atoms with Crippen LogP contribution >= 0.6 is 0 Å². The average molecular weight is 302 g/mol. The van der Waals surface area contributed by atoms with Gasteiger partial charge in [-0.25, -0.2) is 0 Å². The van der Waals surface area contributed by atoms with E-state index in [0.29, 0.717) is 26.4 Å². The van der Waals surface area contributed by atoms with Crippen molar-refractivity contribution in [3.05, 3.63) is 0 Å². The van der Waals surface area contributed by atoms with Crippen LogP contribution in [0.25, 0.3) is 0 Å². The molecule has 21 heavy (non-hydrogen) atoms. The first kappa shape index (κ1) is 18.8. The third-order valence-electron chi connectivity index (χ3n) is 3.95. The van der Waals surface area contributed by atoms with Gasteiger partial charge in [0.1, 0.15) is 0 Å². The second-order valence-electron chi connectivity index (χ2n) is 5.90. The van der Waals surface area contributed by atoms with Crippen molar-refractivity contribution >= 4 is 0 Å². The molecule has 0 saturated carbocycles.